The molecule has 2 N–H and O–H groups in total. The van der Waals surface area contributed by atoms with E-state index in [1.165, 1.54) is 24.2 Å². The lowest BCUT2D eigenvalue weighted by Gasteiger charge is -2.34. The van der Waals surface area contributed by atoms with Gasteiger partial charge in [-0.25, -0.2) is 0 Å². The van der Waals surface area contributed by atoms with E-state index >= 15 is 0 Å². The minimum Gasteiger partial charge on any atom is -0.352 e. The SMILES string of the molecule is O=C(CN1CCN(C(=O)C(=O)Nc2ccccc2C(=O)N2CCCC2)CC1)NC1CCCCC1. The summed E-state index contributed by atoms with van der Waals surface area (Å²) in [6, 6.07) is 7.10. The normalized spacial score (nSPS) is 19.6. The summed E-state index contributed by atoms with van der Waals surface area (Å²) in [6.45, 7) is 3.60. The van der Waals surface area contributed by atoms with Crippen LogP contribution in [0.25, 0.3) is 0 Å². The Morgan fingerprint density at radius 1 is 0.794 bits per heavy atom. The third kappa shape index (κ3) is 6.14. The Labute approximate surface area is 200 Å². The molecule has 2 heterocycles. The number of likely N-dealkylation sites (tertiary alicyclic amines) is 1. The first-order chi connectivity index (χ1) is 16.5. The third-order valence-corrected chi connectivity index (χ3v) is 6.99. The van der Waals surface area contributed by atoms with Crippen molar-refractivity contribution in [2.24, 2.45) is 0 Å². The van der Waals surface area contributed by atoms with Crippen molar-refractivity contribution in [2.75, 3.05) is 51.1 Å². The van der Waals surface area contributed by atoms with Crippen molar-refractivity contribution in [3.05, 3.63) is 29.8 Å². The number of amides is 4. The molecule has 3 fully saturated rings. The van der Waals surface area contributed by atoms with E-state index in [-0.39, 0.29) is 17.9 Å². The molecule has 9 heteroatoms. The van der Waals surface area contributed by atoms with E-state index in [0.717, 1.165) is 25.7 Å². The van der Waals surface area contributed by atoms with Gasteiger partial charge >= 0.3 is 11.8 Å². The van der Waals surface area contributed by atoms with Gasteiger partial charge in [0.25, 0.3) is 5.91 Å². The molecule has 1 aromatic rings. The van der Waals surface area contributed by atoms with Crippen molar-refractivity contribution in [1.82, 2.24) is 20.0 Å². The van der Waals surface area contributed by atoms with Gasteiger partial charge in [-0.2, -0.15) is 0 Å². The molecule has 0 aromatic heterocycles. The fourth-order valence-electron chi connectivity index (χ4n) is 5.02. The summed E-state index contributed by atoms with van der Waals surface area (Å²) in [5.41, 5.74) is 0.759. The van der Waals surface area contributed by atoms with Crippen LogP contribution in [0.4, 0.5) is 5.69 Å². The number of benzene rings is 1. The minimum absolute atomic E-state index is 0.0312. The highest BCUT2D eigenvalue weighted by Crippen LogP contribution is 2.20. The number of carbonyl (C=O) groups excluding carboxylic acids is 4. The van der Waals surface area contributed by atoms with Crippen molar-refractivity contribution in [2.45, 2.75) is 51.0 Å². The first-order valence-electron chi connectivity index (χ1n) is 12.5. The Morgan fingerprint density at radius 2 is 1.47 bits per heavy atom. The lowest BCUT2D eigenvalue weighted by molar-refractivity contribution is -0.144. The molecule has 34 heavy (non-hydrogen) atoms. The van der Waals surface area contributed by atoms with Gasteiger partial charge in [-0.15, -0.1) is 0 Å². The second-order valence-corrected chi connectivity index (χ2v) is 9.47. The second kappa shape index (κ2) is 11.5. The Hall–Kier alpha value is -2.94. The van der Waals surface area contributed by atoms with E-state index in [4.69, 9.17) is 0 Å². The van der Waals surface area contributed by atoms with Gasteiger partial charge in [0.05, 0.1) is 17.8 Å². The lowest BCUT2D eigenvalue weighted by atomic mass is 9.95. The monoisotopic (exact) mass is 469 g/mol. The van der Waals surface area contributed by atoms with Crippen LogP contribution in [0.1, 0.15) is 55.3 Å². The average Bonchev–Trinajstić information content (AvgIpc) is 3.40. The summed E-state index contributed by atoms with van der Waals surface area (Å²) >= 11 is 0. The zero-order chi connectivity index (χ0) is 23.9. The largest absolute Gasteiger partial charge is 0.352 e. The summed E-state index contributed by atoms with van der Waals surface area (Å²) < 4.78 is 0. The number of nitrogens with one attached hydrogen (secondary N) is 2. The maximum atomic E-state index is 12.8. The summed E-state index contributed by atoms with van der Waals surface area (Å²) in [5.74, 6) is -1.45. The molecular weight excluding hydrogens is 434 g/mol. The van der Waals surface area contributed by atoms with Crippen molar-refractivity contribution in [3.63, 3.8) is 0 Å². The Balaban J connectivity index is 1.25. The molecule has 1 aromatic carbocycles. The maximum absolute atomic E-state index is 12.8. The molecular formula is C25H35N5O4. The topological polar surface area (TPSA) is 102 Å². The molecule has 0 bridgehead atoms. The van der Waals surface area contributed by atoms with Crippen molar-refractivity contribution in [1.29, 1.82) is 0 Å². The fourth-order valence-corrected chi connectivity index (χ4v) is 5.02. The number of carbonyl (C=O) groups is 4. The molecule has 4 amide bonds. The standard InChI is InChI=1S/C25H35N5O4/c31-22(26-19-8-2-1-3-9-19)18-28-14-16-30(17-15-28)25(34)23(32)27-21-11-5-4-10-20(21)24(33)29-12-6-7-13-29/h4-5,10-11,19H,1-3,6-9,12-18H2,(H,26,31)(H,27,32). The van der Waals surface area contributed by atoms with Crippen LogP contribution >= 0.6 is 0 Å². The first-order valence-corrected chi connectivity index (χ1v) is 12.5. The van der Waals surface area contributed by atoms with Crippen LogP contribution in [-0.4, -0.2) is 90.2 Å². The number of anilines is 1. The van der Waals surface area contributed by atoms with Crippen molar-refractivity contribution in [3.8, 4) is 0 Å². The molecule has 9 nitrogen and oxygen atoms in total. The van der Waals surface area contributed by atoms with E-state index in [1.807, 2.05) is 4.90 Å². The summed E-state index contributed by atoms with van der Waals surface area (Å²) in [5, 5.41) is 5.77. The van der Waals surface area contributed by atoms with E-state index in [0.29, 0.717) is 57.1 Å². The van der Waals surface area contributed by atoms with Crippen LogP contribution < -0.4 is 10.6 Å². The van der Waals surface area contributed by atoms with Crippen LogP contribution in [0, 0.1) is 0 Å². The number of piperazine rings is 1. The Bertz CT molecular complexity index is 900. The quantitative estimate of drug-likeness (QED) is 0.636. The van der Waals surface area contributed by atoms with Crippen LogP contribution in [-0.2, 0) is 14.4 Å². The highest BCUT2D eigenvalue weighted by molar-refractivity contribution is 6.39. The van der Waals surface area contributed by atoms with Crippen LogP contribution in [0.3, 0.4) is 0 Å². The van der Waals surface area contributed by atoms with Crippen molar-refractivity contribution >= 4 is 29.3 Å². The summed E-state index contributed by atoms with van der Waals surface area (Å²) in [4.78, 5) is 55.9. The lowest BCUT2D eigenvalue weighted by Crippen LogP contribution is -2.53. The van der Waals surface area contributed by atoms with Gasteiger partial charge < -0.3 is 20.4 Å². The highest BCUT2D eigenvalue weighted by atomic mass is 16.2. The van der Waals surface area contributed by atoms with Gasteiger partial charge in [-0.05, 0) is 37.8 Å². The molecule has 0 radical (unpaired) electrons. The fraction of sp³-hybridized carbons (Fsp3) is 0.600. The maximum Gasteiger partial charge on any atom is 0.313 e. The van der Waals surface area contributed by atoms with Crippen molar-refractivity contribution < 1.29 is 19.2 Å². The summed E-state index contributed by atoms with van der Waals surface area (Å²) in [6.07, 6.45) is 7.65. The first kappa shape index (κ1) is 24.2. The smallest absolute Gasteiger partial charge is 0.313 e. The number of hydrogen-bond acceptors (Lipinski definition) is 5. The van der Waals surface area contributed by atoms with Crippen LogP contribution in [0.2, 0.25) is 0 Å². The molecule has 0 atom stereocenters. The Morgan fingerprint density at radius 3 is 2.18 bits per heavy atom. The molecule has 184 valence electrons. The third-order valence-electron chi connectivity index (χ3n) is 6.99. The molecule has 0 unspecified atom stereocenters. The molecule has 4 rings (SSSR count). The molecule has 2 aliphatic heterocycles. The number of para-hydroxylation sites is 1. The zero-order valence-electron chi connectivity index (χ0n) is 19.8. The molecule has 1 aliphatic carbocycles. The van der Waals surface area contributed by atoms with E-state index < -0.39 is 11.8 Å². The van der Waals surface area contributed by atoms with E-state index in [9.17, 15) is 19.2 Å². The van der Waals surface area contributed by atoms with Gasteiger partial charge in [0.1, 0.15) is 0 Å². The molecule has 2 saturated heterocycles. The van der Waals surface area contributed by atoms with Gasteiger partial charge in [-0.3, -0.25) is 24.1 Å². The predicted molar refractivity (Wildman–Crippen MR) is 128 cm³/mol. The van der Waals surface area contributed by atoms with E-state index in [1.54, 1.807) is 29.2 Å². The molecule has 0 spiro atoms. The van der Waals surface area contributed by atoms with Gasteiger partial charge in [-0.1, -0.05) is 31.4 Å². The van der Waals surface area contributed by atoms with Gasteiger partial charge in [0.15, 0.2) is 0 Å². The number of nitrogens with zero attached hydrogens (tertiary/aromatic N) is 3. The molecule has 1 saturated carbocycles. The second-order valence-electron chi connectivity index (χ2n) is 9.47. The van der Waals surface area contributed by atoms with Gasteiger partial charge in [0, 0.05) is 45.3 Å². The van der Waals surface area contributed by atoms with E-state index in [2.05, 4.69) is 10.6 Å². The van der Waals surface area contributed by atoms with Crippen LogP contribution in [0.5, 0.6) is 0 Å². The summed E-state index contributed by atoms with van der Waals surface area (Å²) in [7, 11) is 0. The zero-order valence-corrected chi connectivity index (χ0v) is 19.8. The average molecular weight is 470 g/mol. The van der Waals surface area contributed by atoms with Crippen LogP contribution in [0.15, 0.2) is 24.3 Å². The Kier molecular flexibility index (Phi) is 8.16. The molecule has 3 aliphatic rings. The minimum atomic E-state index is -0.745. The van der Waals surface area contributed by atoms with Gasteiger partial charge in [0.2, 0.25) is 5.91 Å². The highest BCUT2D eigenvalue weighted by Gasteiger charge is 2.29. The number of rotatable bonds is 5. The number of hydrogen-bond donors (Lipinski definition) is 2. The predicted octanol–water partition coefficient (Wildman–Crippen LogP) is 1.45.